The zero-order valence-electron chi connectivity index (χ0n) is 11.0. The summed E-state index contributed by atoms with van der Waals surface area (Å²) >= 11 is 6.01. The molecule has 0 aliphatic carbocycles. The Kier molecular flexibility index (Phi) is 4.50. The first-order valence-electron chi connectivity index (χ1n) is 6.11. The summed E-state index contributed by atoms with van der Waals surface area (Å²) in [5, 5.41) is 6.43. The Bertz CT molecular complexity index is 473. The van der Waals surface area contributed by atoms with Crippen LogP contribution in [-0.4, -0.2) is 32.7 Å². The van der Waals surface area contributed by atoms with Gasteiger partial charge in [-0.1, -0.05) is 11.6 Å². The van der Waals surface area contributed by atoms with E-state index in [-0.39, 0.29) is 11.9 Å². The lowest BCUT2D eigenvalue weighted by Gasteiger charge is -2.15. The van der Waals surface area contributed by atoms with E-state index >= 15 is 0 Å². The first-order valence-corrected chi connectivity index (χ1v) is 6.49. The zero-order chi connectivity index (χ0) is 13.8. The van der Waals surface area contributed by atoms with Gasteiger partial charge in [-0.05, 0) is 19.4 Å². The van der Waals surface area contributed by atoms with Gasteiger partial charge in [0.2, 0.25) is 5.91 Å². The summed E-state index contributed by atoms with van der Waals surface area (Å²) in [6, 6.07) is 3.14. The molecule has 2 rings (SSSR count). The maximum Gasteiger partial charge on any atom is 0.241 e. The second kappa shape index (κ2) is 6.12. The summed E-state index contributed by atoms with van der Waals surface area (Å²) in [6.07, 6.45) is 1.86. The third kappa shape index (κ3) is 3.11. The van der Waals surface area contributed by atoms with Gasteiger partial charge < -0.3 is 20.1 Å². The highest BCUT2D eigenvalue weighted by Gasteiger charge is 2.23. The molecule has 0 spiro atoms. The highest BCUT2D eigenvalue weighted by molar-refractivity contribution is 6.32. The van der Waals surface area contributed by atoms with Gasteiger partial charge in [0.05, 0.1) is 31.0 Å². The van der Waals surface area contributed by atoms with Crippen LogP contribution in [0.3, 0.4) is 0 Å². The van der Waals surface area contributed by atoms with Crippen LogP contribution in [0.2, 0.25) is 5.02 Å². The molecule has 104 valence electrons. The van der Waals surface area contributed by atoms with Crippen LogP contribution >= 0.6 is 11.6 Å². The van der Waals surface area contributed by atoms with E-state index in [1.807, 2.05) is 0 Å². The fourth-order valence-electron chi connectivity index (χ4n) is 2.09. The van der Waals surface area contributed by atoms with Crippen LogP contribution in [0, 0.1) is 0 Å². The molecule has 1 aromatic carbocycles. The predicted octanol–water partition coefficient (Wildman–Crippen LogP) is 2.05. The molecule has 1 amide bonds. The minimum atomic E-state index is -0.147. The quantitative estimate of drug-likeness (QED) is 0.888. The molecule has 0 radical (unpaired) electrons. The van der Waals surface area contributed by atoms with Crippen LogP contribution in [0.15, 0.2) is 12.1 Å². The second-order valence-corrected chi connectivity index (χ2v) is 4.73. The Labute approximate surface area is 117 Å². The van der Waals surface area contributed by atoms with E-state index < -0.39 is 0 Å². The molecule has 0 bridgehead atoms. The minimum absolute atomic E-state index is 0.0693. The van der Waals surface area contributed by atoms with E-state index in [9.17, 15) is 4.79 Å². The van der Waals surface area contributed by atoms with Crippen molar-refractivity contribution < 1.29 is 14.3 Å². The number of anilines is 1. The standard InChI is InChI=1S/C13H17ClN2O3/c1-18-11-7-10(12(19-2)6-8(11)14)16-13(17)9-4-3-5-15-9/h6-7,9,15H,3-5H2,1-2H3,(H,16,17)/t9-/m0/s1. The van der Waals surface area contributed by atoms with Gasteiger partial charge in [-0.3, -0.25) is 4.79 Å². The molecule has 1 heterocycles. The maximum atomic E-state index is 12.1. The molecule has 1 fully saturated rings. The third-order valence-electron chi connectivity index (χ3n) is 3.11. The van der Waals surface area contributed by atoms with Crippen LogP contribution in [-0.2, 0) is 4.79 Å². The third-order valence-corrected chi connectivity index (χ3v) is 3.40. The van der Waals surface area contributed by atoms with Crippen molar-refractivity contribution in [2.75, 3.05) is 26.1 Å². The summed E-state index contributed by atoms with van der Waals surface area (Å²) < 4.78 is 10.4. The lowest BCUT2D eigenvalue weighted by molar-refractivity contribution is -0.117. The van der Waals surface area contributed by atoms with E-state index in [1.54, 1.807) is 12.1 Å². The number of rotatable bonds is 4. The molecule has 0 aromatic heterocycles. The Balaban J connectivity index is 2.20. The summed E-state index contributed by atoms with van der Waals surface area (Å²) in [4.78, 5) is 12.1. The van der Waals surface area contributed by atoms with Crippen molar-refractivity contribution in [2.24, 2.45) is 0 Å². The summed E-state index contributed by atoms with van der Waals surface area (Å²) in [6.45, 7) is 0.874. The van der Waals surface area contributed by atoms with E-state index in [2.05, 4.69) is 10.6 Å². The number of ether oxygens (including phenoxy) is 2. The average Bonchev–Trinajstić information content (AvgIpc) is 2.94. The van der Waals surface area contributed by atoms with Gasteiger partial charge >= 0.3 is 0 Å². The summed E-state index contributed by atoms with van der Waals surface area (Å²) in [7, 11) is 3.05. The Hall–Kier alpha value is -1.46. The smallest absolute Gasteiger partial charge is 0.241 e. The Morgan fingerprint density at radius 1 is 1.37 bits per heavy atom. The minimum Gasteiger partial charge on any atom is -0.495 e. The largest absolute Gasteiger partial charge is 0.495 e. The Morgan fingerprint density at radius 2 is 2.11 bits per heavy atom. The van der Waals surface area contributed by atoms with Crippen molar-refractivity contribution in [3.8, 4) is 11.5 Å². The van der Waals surface area contributed by atoms with Crippen molar-refractivity contribution in [1.82, 2.24) is 5.32 Å². The SMILES string of the molecule is COc1cc(NC(=O)[C@@H]2CCCN2)c(OC)cc1Cl. The highest BCUT2D eigenvalue weighted by Crippen LogP contribution is 2.36. The number of hydrogen-bond acceptors (Lipinski definition) is 4. The van der Waals surface area contributed by atoms with Gasteiger partial charge in [0.15, 0.2) is 0 Å². The molecule has 1 aromatic rings. The van der Waals surface area contributed by atoms with E-state index in [1.165, 1.54) is 14.2 Å². The number of nitrogens with one attached hydrogen (secondary N) is 2. The molecule has 5 nitrogen and oxygen atoms in total. The van der Waals surface area contributed by atoms with Crippen LogP contribution in [0.1, 0.15) is 12.8 Å². The lowest BCUT2D eigenvalue weighted by atomic mass is 10.2. The average molecular weight is 285 g/mol. The van der Waals surface area contributed by atoms with Gasteiger partial charge in [0, 0.05) is 12.1 Å². The molecule has 19 heavy (non-hydrogen) atoms. The van der Waals surface area contributed by atoms with E-state index in [0.717, 1.165) is 19.4 Å². The van der Waals surface area contributed by atoms with Crippen LogP contribution in [0.4, 0.5) is 5.69 Å². The van der Waals surface area contributed by atoms with Crippen molar-refractivity contribution in [3.63, 3.8) is 0 Å². The number of benzene rings is 1. The number of halogens is 1. The van der Waals surface area contributed by atoms with Gasteiger partial charge in [-0.25, -0.2) is 0 Å². The van der Waals surface area contributed by atoms with Gasteiger partial charge in [-0.15, -0.1) is 0 Å². The predicted molar refractivity (Wildman–Crippen MR) is 74.2 cm³/mol. The molecule has 1 aliphatic rings. The molecule has 1 aliphatic heterocycles. The van der Waals surface area contributed by atoms with Crippen molar-refractivity contribution in [3.05, 3.63) is 17.2 Å². The van der Waals surface area contributed by atoms with Crippen molar-refractivity contribution >= 4 is 23.2 Å². The number of amides is 1. The lowest BCUT2D eigenvalue weighted by Crippen LogP contribution is -2.35. The number of methoxy groups -OCH3 is 2. The number of carbonyl (C=O) groups excluding carboxylic acids is 1. The zero-order valence-corrected chi connectivity index (χ0v) is 11.7. The normalized spacial score (nSPS) is 18.2. The number of hydrogen-bond donors (Lipinski definition) is 2. The molecule has 1 atom stereocenters. The van der Waals surface area contributed by atoms with Crippen molar-refractivity contribution in [2.45, 2.75) is 18.9 Å². The first-order chi connectivity index (χ1) is 9.15. The molecule has 0 saturated carbocycles. The summed E-state index contributed by atoms with van der Waals surface area (Å²) in [5.74, 6) is 0.939. The topological polar surface area (TPSA) is 59.6 Å². The molecule has 6 heteroatoms. The fourth-order valence-corrected chi connectivity index (χ4v) is 2.32. The maximum absolute atomic E-state index is 12.1. The molecular weight excluding hydrogens is 268 g/mol. The van der Waals surface area contributed by atoms with Crippen LogP contribution in [0.25, 0.3) is 0 Å². The van der Waals surface area contributed by atoms with Gasteiger partial charge in [0.25, 0.3) is 0 Å². The number of carbonyl (C=O) groups is 1. The second-order valence-electron chi connectivity index (χ2n) is 4.33. The molecule has 0 unspecified atom stereocenters. The summed E-state index contributed by atoms with van der Waals surface area (Å²) in [5.41, 5.74) is 0.558. The van der Waals surface area contributed by atoms with Crippen LogP contribution in [0.5, 0.6) is 11.5 Å². The van der Waals surface area contributed by atoms with Gasteiger partial charge in [-0.2, -0.15) is 0 Å². The fraction of sp³-hybridized carbons (Fsp3) is 0.462. The van der Waals surface area contributed by atoms with E-state index in [4.69, 9.17) is 21.1 Å². The van der Waals surface area contributed by atoms with Gasteiger partial charge in [0.1, 0.15) is 11.5 Å². The Morgan fingerprint density at radius 3 is 2.68 bits per heavy atom. The molecule has 1 saturated heterocycles. The molecule has 2 N–H and O–H groups in total. The first kappa shape index (κ1) is 14.0. The van der Waals surface area contributed by atoms with Crippen LogP contribution < -0.4 is 20.1 Å². The van der Waals surface area contributed by atoms with E-state index in [0.29, 0.717) is 22.2 Å². The highest BCUT2D eigenvalue weighted by atomic mass is 35.5. The monoisotopic (exact) mass is 284 g/mol. The van der Waals surface area contributed by atoms with Crippen molar-refractivity contribution in [1.29, 1.82) is 0 Å². The molecular formula is C13H17ClN2O3.